The van der Waals surface area contributed by atoms with Crippen LogP contribution in [0.1, 0.15) is 17.9 Å². The highest BCUT2D eigenvalue weighted by atomic mass is 19.4. The first-order chi connectivity index (χ1) is 15.3. The lowest BCUT2D eigenvalue weighted by molar-refractivity contribution is -0.274. The average molecular weight is 474 g/mol. The lowest BCUT2D eigenvalue weighted by Gasteiger charge is -2.09. The Morgan fingerprint density at radius 3 is 2.03 bits per heavy atom. The first-order valence-corrected chi connectivity index (χ1v) is 9.27. The number of carboxylic acid groups (broad SMARTS) is 1. The van der Waals surface area contributed by atoms with Gasteiger partial charge in [-0.15, -0.1) is 18.3 Å². The summed E-state index contributed by atoms with van der Waals surface area (Å²) < 4.78 is 73.7. The van der Waals surface area contributed by atoms with Gasteiger partial charge in [0.25, 0.3) is 0 Å². The highest BCUT2D eigenvalue weighted by molar-refractivity contribution is 5.73. The van der Waals surface area contributed by atoms with Gasteiger partial charge in [0.05, 0.1) is 5.69 Å². The van der Waals surface area contributed by atoms with Gasteiger partial charge < -0.3 is 15.6 Å². The predicted octanol–water partition coefficient (Wildman–Crippen LogP) is 4.28. The molecule has 1 heterocycles. The van der Waals surface area contributed by atoms with Gasteiger partial charge in [-0.25, -0.2) is 14.5 Å². The molecule has 2 atom stereocenters. The molecular formula is C20H16F6N4O3. The third-order valence-electron chi connectivity index (χ3n) is 4.51. The molecule has 1 saturated carbocycles. The fourth-order valence-corrected chi connectivity index (χ4v) is 2.80. The summed E-state index contributed by atoms with van der Waals surface area (Å²) >= 11 is 0. The molecule has 13 heteroatoms. The molecule has 2 aromatic carbocycles. The van der Waals surface area contributed by atoms with Crippen molar-refractivity contribution in [3.63, 3.8) is 0 Å². The lowest BCUT2D eigenvalue weighted by atomic mass is 10.1. The molecule has 3 aromatic rings. The van der Waals surface area contributed by atoms with Crippen LogP contribution in [0.2, 0.25) is 0 Å². The minimum Gasteiger partial charge on any atom is -0.475 e. The van der Waals surface area contributed by atoms with Crippen molar-refractivity contribution in [2.75, 3.05) is 0 Å². The van der Waals surface area contributed by atoms with E-state index in [1.165, 1.54) is 40.8 Å². The Labute approximate surface area is 182 Å². The van der Waals surface area contributed by atoms with Gasteiger partial charge >= 0.3 is 18.5 Å². The molecule has 2 unspecified atom stereocenters. The third-order valence-corrected chi connectivity index (χ3v) is 4.51. The van der Waals surface area contributed by atoms with Gasteiger partial charge in [-0.3, -0.25) is 0 Å². The van der Waals surface area contributed by atoms with Crippen molar-refractivity contribution in [3.05, 3.63) is 60.4 Å². The molecule has 176 valence electrons. The number of hydrogen-bond donors (Lipinski definition) is 2. The van der Waals surface area contributed by atoms with E-state index in [4.69, 9.17) is 15.6 Å². The monoisotopic (exact) mass is 474 g/mol. The smallest absolute Gasteiger partial charge is 0.475 e. The number of ether oxygens (including phenoxy) is 1. The van der Waals surface area contributed by atoms with E-state index in [-0.39, 0.29) is 11.8 Å². The van der Waals surface area contributed by atoms with E-state index >= 15 is 0 Å². The van der Waals surface area contributed by atoms with Gasteiger partial charge in [-0.2, -0.15) is 13.2 Å². The van der Waals surface area contributed by atoms with Gasteiger partial charge in [-0.1, -0.05) is 24.3 Å². The average Bonchev–Trinajstić information content (AvgIpc) is 3.25. The molecule has 0 spiro atoms. The SMILES string of the molecule is NC1CC1c1ccc(-c2ncn(-c3ccc(OC(F)(F)F)cc3)n2)cc1.O=C(O)C(F)(F)F. The number of alkyl halides is 6. The number of benzene rings is 2. The standard InChI is InChI=1S/C18H15F3N4O.C2HF3O2/c19-18(20,21)26-14-7-5-13(6-8-14)25-10-23-17(24-25)12-3-1-11(2-4-12)15-9-16(15)22;3-2(4,5)1(6)7/h1-8,10,15-16H,9,22H2;(H,6,7). The van der Waals surface area contributed by atoms with Crippen LogP contribution >= 0.6 is 0 Å². The molecule has 0 amide bonds. The van der Waals surface area contributed by atoms with Crippen LogP contribution in [-0.4, -0.2) is 44.4 Å². The Morgan fingerprint density at radius 2 is 1.58 bits per heavy atom. The van der Waals surface area contributed by atoms with Crippen LogP contribution in [0.5, 0.6) is 5.75 Å². The highest BCUT2D eigenvalue weighted by Crippen LogP contribution is 2.39. The normalized spacial score (nSPS) is 17.7. The first kappa shape index (κ1) is 24.0. The van der Waals surface area contributed by atoms with Crippen LogP contribution in [0.15, 0.2) is 54.9 Å². The predicted molar refractivity (Wildman–Crippen MR) is 103 cm³/mol. The van der Waals surface area contributed by atoms with Crippen LogP contribution in [0, 0.1) is 0 Å². The topological polar surface area (TPSA) is 103 Å². The van der Waals surface area contributed by atoms with E-state index in [2.05, 4.69) is 14.8 Å². The Morgan fingerprint density at radius 1 is 1.03 bits per heavy atom. The zero-order valence-electron chi connectivity index (χ0n) is 16.5. The van der Waals surface area contributed by atoms with Gasteiger partial charge in [0, 0.05) is 17.5 Å². The molecule has 0 saturated heterocycles. The summed E-state index contributed by atoms with van der Waals surface area (Å²) in [6.07, 6.45) is -7.27. The summed E-state index contributed by atoms with van der Waals surface area (Å²) in [7, 11) is 0. The van der Waals surface area contributed by atoms with Crippen molar-refractivity contribution in [1.82, 2.24) is 14.8 Å². The van der Waals surface area contributed by atoms with Crippen LogP contribution < -0.4 is 10.5 Å². The van der Waals surface area contributed by atoms with Crippen molar-refractivity contribution in [2.45, 2.75) is 30.9 Å². The van der Waals surface area contributed by atoms with E-state index in [1.807, 2.05) is 24.3 Å². The minimum atomic E-state index is -5.08. The number of nitrogens with two attached hydrogens (primary N) is 1. The fraction of sp³-hybridized carbons (Fsp3) is 0.250. The quantitative estimate of drug-likeness (QED) is 0.548. The highest BCUT2D eigenvalue weighted by Gasteiger charge is 2.38. The van der Waals surface area contributed by atoms with Crippen molar-refractivity contribution in [1.29, 1.82) is 0 Å². The molecular weight excluding hydrogens is 458 g/mol. The number of carbonyl (C=O) groups is 1. The van der Waals surface area contributed by atoms with Crippen molar-refractivity contribution >= 4 is 5.97 Å². The lowest BCUT2D eigenvalue weighted by Crippen LogP contribution is -2.21. The maximum Gasteiger partial charge on any atom is 0.573 e. The number of rotatable bonds is 4. The number of nitrogens with zero attached hydrogens (tertiary/aromatic N) is 3. The van der Waals surface area contributed by atoms with Gasteiger partial charge in [0.2, 0.25) is 0 Å². The molecule has 0 radical (unpaired) electrons. The molecule has 1 aliphatic rings. The zero-order chi connectivity index (χ0) is 24.4. The molecule has 0 aliphatic heterocycles. The number of aliphatic carboxylic acids is 1. The van der Waals surface area contributed by atoms with Crippen LogP contribution in [0.25, 0.3) is 17.1 Å². The molecule has 1 aliphatic carbocycles. The second-order valence-corrected chi connectivity index (χ2v) is 6.99. The maximum atomic E-state index is 12.2. The molecule has 33 heavy (non-hydrogen) atoms. The second-order valence-electron chi connectivity index (χ2n) is 6.99. The summed E-state index contributed by atoms with van der Waals surface area (Å²) in [4.78, 5) is 13.2. The van der Waals surface area contributed by atoms with Gasteiger partial charge in [-0.05, 0) is 36.2 Å². The second kappa shape index (κ2) is 9.10. The fourth-order valence-electron chi connectivity index (χ4n) is 2.80. The van der Waals surface area contributed by atoms with Crippen LogP contribution in [0.3, 0.4) is 0 Å². The molecule has 1 fully saturated rings. The summed E-state index contributed by atoms with van der Waals surface area (Å²) in [6, 6.07) is 13.6. The maximum absolute atomic E-state index is 12.2. The Kier molecular flexibility index (Phi) is 6.63. The Balaban J connectivity index is 0.000000383. The number of carboxylic acids is 1. The summed E-state index contributed by atoms with van der Waals surface area (Å²) in [6.45, 7) is 0. The van der Waals surface area contributed by atoms with E-state index < -0.39 is 18.5 Å². The number of hydrogen-bond acceptors (Lipinski definition) is 5. The molecule has 4 rings (SSSR count). The van der Waals surface area contributed by atoms with Crippen LogP contribution in [0.4, 0.5) is 26.3 Å². The number of halogens is 6. The van der Waals surface area contributed by atoms with Crippen molar-refractivity contribution < 1.29 is 41.0 Å². The number of aromatic nitrogens is 3. The molecule has 0 bridgehead atoms. The third kappa shape index (κ3) is 6.68. The van der Waals surface area contributed by atoms with E-state index in [0.29, 0.717) is 17.4 Å². The largest absolute Gasteiger partial charge is 0.573 e. The van der Waals surface area contributed by atoms with Crippen LogP contribution in [-0.2, 0) is 4.79 Å². The molecule has 3 N–H and O–H groups in total. The summed E-state index contributed by atoms with van der Waals surface area (Å²) in [5.74, 6) is -2.07. The zero-order valence-corrected chi connectivity index (χ0v) is 16.5. The van der Waals surface area contributed by atoms with Gasteiger partial charge in [0.15, 0.2) is 5.82 Å². The van der Waals surface area contributed by atoms with E-state index in [0.717, 1.165) is 12.0 Å². The first-order valence-electron chi connectivity index (χ1n) is 9.27. The van der Waals surface area contributed by atoms with Gasteiger partial charge in [0.1, 0.15) is 12.1 Å². The van der Waals surface area contributed by atoms with E-state index in [9.17, 15) is 26.3 Å². The van der Waals surface area contributed by atoms with Crippen molar-refractivity contribution in [3.8, 4) is 22.8 Å². The minimum absolute atomic E-state index is 0.252. The summed E-state index contributed by atoms with van der Waals surface area (Å²) in [5, 5.41) is 11.5. The Bertz CT molecular complexity index is 1090. The van der Waals surface area contributed by atoms with Crippen molar-refractivity contribution in [2.24, 2.45) is 5.73 Å². The Hall–Kier alpha value is -3.61. The van der Waals surface area contributed by atoms with E-state index in [1.54, 1.807) is 0 Å². The molecule has 7 nitrogen and oxygen atoms in total. The summed E-state index contributed by atoms with van der Waals surface area (Å²) in [5.41, 5.74) is 8.51. The molecule has 1 aromatic heterocycles.